The number of pyridine rings is 1. The summed E-state index contributed by atoms with van der Waals surface area (Å²) in [5.74, 6) is 1.22. The van der Waals surface area contributed by atoms with E-state index in [1.165, 1.54) is 13.0 Å². The molecule has 0 aliphatic rings. The van der Waals surface area contributed by atoms with Gasteiger partial charge in [0.25, 0.3) is 0 Å². The van der Waals surface area contributed by atoms with Crippen molar-refractivity contribution in [1.82, 2.24) is 4.98 Å². The van der Waals surface area contributed by atoms with Gasteiger partial charge in [0.1, 0.15) is 17.2 Å². The van der Waals surface area contributed by atoms with Crippen LogP contribution in [0.3, 0.4) is 0 Å². The topological polar surface area (TPSA) is 88.6 Å². The average molecular weight is 438 g/mol. The SMILES string of the molecule is CCCc1cc2c(=O)cc[nH]c2cc1OCCCOc1ccc(C(C)=O)c(O)c1CCC. The molecule has 0 amide bonds. The molecular formula is C26H31NO5. The number of H-pyrrole nitrogens is 1. The summed E-state index contributed by atoms with van der Waals surface area (Å²) >= 11 is 0. The van der Waals surface area contributed by atoms with Crippen molar-refractivity contribution in [2.45, 2.75) is 52.9 Å². The van der Waals surface area contributed by atoms with Gasteiger partial charge in [0, 0.05) is 35.7 Å². The number of ketones is 1. The predicted octanol–water partition coefficient (Wildman–Crippen LogP) is 5.19. The van der Waals surface area contributed by atoms with Gasteiger partial charge in [-0.05, 0) is 43.5 Å². The Morgan fingerprint density at radius 3 is 2.41 bits per heavy atom. The summed E-state index contributed by atoms with van der Waals surface area (Å²) < 4.78 is 11.9. The third kappa shape index (κ3) is 5.31. The minimum absolute atomic E-state index is 0.00187. The molecule has 0 bridgehead atoms. The number of carbonyl (C=O) groups excluding carboxylic acids is 1. The number of fused-ring (bicyclic) bond motifs is 1. The first-order valence-electron chi connectivity index (χ1n) is 11.2. The van der Waals surface area contributed by atoms with E-state index in [4.69, 9.17) is 9.47 Å². The van der Waals surface area contributed by atoms with Gasteiger partial charge in [-0.3, -0.25) is 9.59 Å². The molecule has 170 valence electrons. The van der Waals surface area contributed by atoms with Crippen LogP contribution in [-0.2, 0) is 12.8 Å². The average Bonchev–Trinajstić information content (AvgIpc) is 2.76. The minimum atomic E-state index is -0.167. The van der Waals surface area contributed by atoms with Crippen molar-refractivity contribution < 1.29 is 19.4 Å². The van der Waals surface area contributed by atoms with Gasteiger partial charge in [0.05, 0.1) is 24.3 Å². The van der Waals surface area contributed by atoms with Crippen molar-refractivity contribution in [2.24, 2.45) is 0 Å². The first-order valence-corrected chi connectivity index (χ1v) is 11.2. The fourth-order valence-electron chi connectivity index (χ4n) is 3.80. The summed E-state index contributed by atoms with van der Waals surface area (Å²) in [6.07, 6.45) is 5.54. The molecule has 0 saturated carbocycles. The number of aromatic nitrogens is 1. The van der Waals surface area contributed by atoms with Gasteiger partial charge in [-0.1, -0.05) is 26.7 Å². The highest BCUT2D eigenvalue weighted by atomic mass is 16.5. The van der Waals surface area contributed by atoms with E-state index in [-0.39, 0.29) is 17.0 Å². The Kier molecular flexibility index (Phi) is 7.92. The number of Topliss-reactive ketones (excluding diaryl/α,β-unsaturated/α-hetero) is 1. The van der Waals surface area contributed by atoms with Crippen molar-refractivity contribution in [1.29, 1.82) is 0 Å². The van der Waals surface area contributed by atoms with Crippen LogP contribution in [-0.4, -0.2) is 29.1 Å². The summed E-state index contributed by atoms with van der Waals surface area (Å²) in [7, 11) is 0. The van der Waals surface area contributed by atoms with Crippen molar-refractivity contribution in [2.75, 3.05) is 13.2 Å². The molecule has 0 fully saturated rings. The molecule has 2 aromatic carbocycles. The van der Waals surface area contributed by atoms with E-state index in [9.17, 15) is 14.7 Å². The summed E-state index contributed by atoms with van der Waals surface area (Å²) in [6, 6.07) is 8.70. The van der Waals surface area contributed by atoms with Gasteiger partial charge in [0.2, 0.25) is 0 Å². The number of aromatic amines is 1. The number of hydrogen-bond donors (Lipinski definition) is 2. The maximum Gasteiger partial charge on any atom is 0.189 e. The molecule has 0 aliphatic heterocycles. The van der Waals surface area contributed by atoms with Crippen LogP contribution in [0.4, 0.5) is 0 Å². The van der Waals surface area contributed by atoms with Gasteiger partial charge >= 0.3 is 0 Å². The number of phenols is 1. The quantitative estimate of drug-likeness (QED) is 0.318. The summed E-state index contributed by atoms with van der Waals surface area (Å²) in [4.78, 5) is 26.9. The van der Waals surface area contributed by atoms with E-state index in [2.05, 4.69) is 11.9 Å². The molecule has 32 heavy (non-hydrogen) atoms. The van der Waals surface area contributed by atoms with Gasteiger partial charge in [0.15, 0.2) is 11.2 Å². The fraction of sp³-hybridized carbons (Fsp3) is 0.385. The molecule has 1 heterocycles. The summed E-state index contributed by atoms with van der Waals surface area (Å²) in [5.41, 5.74) is 2.77. The van der Waals surface area contributed by atoms with Gasteiger partial charge in [-0.15, -0.1) is 0 Å². The molecular weight excluding hydrogens is 406 g/mol. The maximum absolute atomic E-state index is 12.1. The molecule has 6 heteroatoms. The standard InChI is InChI=1S/C26H31NO5/c1-4-7-18-15-21-22(27-12-11-23(21)29)16-25(18)32-14-6-13-31-24-10-9-19(17(3)28)26(30)20(24)8-5-2/h9-12,15-16,30H,4-8,13-14H2,1-3H3,(H,27,29). The molecule has 3 rings (SSSR count). The van der Waals surface area contributed by atoms with Crippen LogP contribution in [0.5, 0.6) is 17.2 Å². The van der Waals surface area contributed by atoms with Crippen LogP contribution < -0.4 is 14.9 Å². The molecule has 0 radical (unpaired) electrons. The molecule has 2 N–H and O–H groups in total. The van der Waals surface area contributed by atoms with E-state index in [1.807, 2.05) is 19.1 Å². The smallest absolute Gasteiger partial charge is 0.189 e. The van der Waals surface area contributed by atoms with Gasteiger partial charge in [-0.25, -0.2) is 0 Å². The Balaban J connectivity index is 1.65. The van der Waals surface area contributed by atoms with Gasteiger partial charge in [-0.2, -0.15) is 0 Å². The first-order chi connectivity index (χ1) is 15.5. The molecule has 3 aromatic rings. The number of ether oxygens (including phenoxy) is 2. The number of nitrogens with one attached hydrogen (secondary N) is 1. The molecule has 0 saturated heterocycles. The maximum atomic E-state index is 12.1. The lowest BCUT2D eigenvalue weighted by molar-refractivity contribution is 0.101. The minimum Gasteiger partial charge on any atom is -0.507 e. The molecule has 0 aliphatic carbocycles. The highest BCUT2D eigenvalue weighted by Crippen LogP contribution is 2.33. The number of hydrogen-bond acceptors (Lipinski definition) is 5. The monoisotopic (exact) mass is 437 g/mol. The van der Waals surface area contributed by atoms with Crippen LogP contribution in [0.25, 0.3) is 10.9 Å². The third-order valence-corrected chi connectivity index (χ3v) is 5.38. The Morgan fingerprint density at radius 2 is 1.72 bits per heavy atom. The fourth-order valence-corrected chi connectivity index (χ4v) is 3.80. The van der Waals surface area contributed by atoms with Crippen LogP contribution in [0.2, 0.25) is 0 Å². The number of aryl methyl sites for hydroxylation is 1. The van der Waals surface area contributed by atoms with E-state index < -0.39 is 0 Å². The lowest BCUT2D eigenvalue weighted by Gasteiger charge is -2.15. The van der Waals surface area contributed by atoms with E-state index >= 15 is 0 Å². The lowest BCUT2D eigenvalue weighted by atomic mass is 10.0. The van der Waals surface area contributed by atoms with Crippen molar-refractivity contribution >= 4 is 16.7 Å². The number of aromatic hydroxyl groups is 1. The normalized spacial score (nSPS) is 11.0. The van der Waals surface area contributed by atoms with Crippen molar-refractivity contribution in [3.63, 3.8) is 0 Å². The molecule has 0 spiro atoms. The van der Waals surface area contributed by atoms with E-state index in [0.717, 1.165) is 36.1 Å². The Bertz CT molecular complexity index is 1150. The van der Waals surface area contributed by atoms with Crippen molar-refractivity contribution in [3.8, 4) is 17.2 Å². The third-order valence-electron chi connectivity index (χ3n) is 5.38. The zero-order chi connectivity index (χ0) is 23.1. The highest BCUT2D eigenvalue weighted by Gasteiger charge is 2.16. The van der Waals surface area contributed by atoms with Crippen molar-refractivity contribution in [3.05, 3.63) is 63.4 Å². The Labute approximate surface area is 188 Å². The molecule has 0 unspecified atom stereocenters. The van der Waals surface area contributed by atoms with Gasteiger partial charge < -0.3 is 19.6 Å². The number of benzene rings is 2. The summed E-state index contributed by atoms with van der Waals surface area (Å²) in [6.45, 7) is 6.43. The van der Waals surface area contributed by atoms with Crippen LogP contribution >= 0.6 is 0 Å². The van der Waals surface area contributed by atoms with E-state index in [0.29, 0.717) is 48.3 Å². The molecule has 0 atom stereocenters. The number of phenolic OH excluding ortho intramolecular Hbond substituents is 1. The first kappa shape index (κ1) is 23.4. The Hall–Kier alpha value is -3.28. The van der Waals surface area contributed by atoms with Crippen LogP contribution in [0.15, 0.2) is 41.3 Å². The summed E-state index contributed by atoms with van der Waals surface area (Å²) in [5, 5.41) is 11.1. The molecule has 6 nitrogen and oxygen atoms in total. The van der Waals surface area contributed by atoms with E-state index in [1.54, 1.807) is 18.3 Å². The second-order valence-corrected chi connectivity index (χ2v) is 7.89. The Morgan fingerprint density at radius 1 is 1.00 bits per heavy atom. The predicted molar refractivity (Wildman–Crippen MR) is 126 cm³/mol. The lowest BCUT2D eigenvalue weighted by Crippen LogP contribution is -2.09. The second-order valence-electron chi connectivity index (χ2n) is 7.89. The number of carbonyl (C=O) groups is 1. The van der Waals surface area contributed by atoms with Crippen LogP contribution in [0.1, 0.15) is 61.5 Å². The second kappa shape index (κ2) is 10.8. The number of rotatable bonds is 11. The highest BCUT2D eigenvalue weighted by molar-refractivity contribution is 5.97. The zero-order valence-corrected chi connectivity index (χ0v) is 19.0. The molecule has 1 aromatic heterocycles. The largest absolute Gasteiger partial charge is 0.507 e. The zero-order valence-electron chi connectivity index (χ0n) is 19.0. The van der Waals surface area contributed by atoms with Crippen LogP contribution in [0, 0.1) is 0 Å².